The van der Waals surface area contributed by atoms with Gasteiger partial charge >= 0.3 is 0 Å². The molecule has 2 nitrogen and oxygen atoms in total. The van der Waals surface area contributed by atoms with Crippen LogP contribution in [0.3, 0.4) is 0 Å². The third-order valence-corrected chi connectivity index (χ3v) is 3.65. The van der Waals surface area contributed by atoms with Crippen LogP contribution in [-0.4, -0.2) is 26.3 Å². The third-order valence-electron chi connectivity index (χ3n) is 3.65. The molecule has 0 aliphatic heterocycles. The van der Waals surface area contributed by atoms with Crippen molar-refractivity contribution in [2.24, 2.45) is 11.8 Å². The molecule has 0 heterocycles. The van der Waals surface area contributed by atoms with Crippen LogP contribution in [0.25, 0.3) is 0 Å². The zero-order valence-corrected chi connectivity index (χ0v) is 11.1. The topological polar surface area (TPSA) is 21.3 Å². The summed E-state index contributed by atoms with van der Waals surface area (Å²) in [4.78, 5) is 0. The molecule has 16 heavy (non-hydrogen) atoms. The average molecular weight is 227 g/mol. The van der Waals surface area contributed by atoms with E-state index >= 15 is 0 Å². The van der Waals surface area contributed by atoms with Crippen molar-refractivity contribution >= 4 is 0 Å². The normalized spacial score (nSPS) is 26.6. The lowest BCUT2D eigenvalue weighted by Crippen LogP contribution is -2.30. The number of hydrogen-bond acceptors (Lipinski definition) is 2. The van der Waals surface area contributed by atoms with Crippen LogP contribution in [0.15, 0.2) is 0 Å². The van der Waals surface area contributed by atoms with E-state index in [1.165, 1.54) is 38.6 Å². The van der Waals surface area contributed by atoms with Crippen LogP contribution >= 0.6 is 0 Å². The van der Waals surface area contributed by atoms with Gasteiger partial charge in [0.15, 0.2) is 0 Å². The van der Waals surface area contributed by atoms with E-state index in [4.69, 9.17) is 4.74 Å². The van der Waals surface area contributed by atoms with Gasteiger partial charge in [-0.2, -0.15) is 0 Å². The predicted octanol–water partition coefficient (Wildman–Crippen LogP) is 3.22. The zero-order valence-electron chi connectivity index (χ0n) is 11.1. The van der Waals surface area contributed by atoms with Crippen molar-refractivity contribution in [3.8, 4) is 0 Å². The molecule has 1 aliphatic carbocycles. The molecular formula is C14H29NO. The molecule has 2 atom stereocenters. The molecule has 0 spiro atoms. The highest BCUT2D eigenvalue weighted by molar-refractivity contribution is 4.75. The minimum absolute atomic E-state index is 0.799. The fraction of sp³-hybridized carbons (Fsp3) is 1.00. The number of rotatable bonds is 7. The van der Waals surface area contributed by atoms with Crippen LogP contribution in [0.2, 0.25) is 0 Å². The summed E-state index contributed by atoms with van der Waals surface area (Å²) < 4.78 is 5.76. The van der Waals surface area contributed by atoms with Crippen molar-refractivity contribution in [2.75, 3.05) is 26.3 Å². The van der Waals surface area contributed by atoms with E-state index in [1.54, 1.807) is 0 Å². The van der Waals surface area contributed by atoms with E-state index in [1.807, 2.05) is 0 Å². The SMILES string of the molecule is CCCOCC1CCCCCC1CNCC. The van der Waals surface area contributed by atoms with Crippen molar-refractivity contribution in [3.05, 3.63) is 0 Å². The van der Waals surface area contributed by atoms with Gasteiger partial charge in [-0.25, -0.2) is 0 Å². The van der Waals surface area contributed by atoms with Crippen molar-refractivity contribution in [2.45, 2.75) is 52.4 Å². The van der Waals surface area contributed by atoms with Crippen molar-refractivity contribution in [1.29, 1.82) is 0 Å². The summed E-state index contributed by atoms with van der Waals surface area (Å²) >= 11 is 0. The van der Waals surface area contributed by atoms with Crippen molar-refractivity contribution < 1.29 is 4.74 Å². The largest absolute Gasteiger partial charge is 0.381 e. The Labute approximate surface area is 101 Å². The standard InChI is InChI=1S/C14H29NO/c1-3-10-16-12-14-9-7-5-6-8-13(14)11-15-4-2/h13-15H,3-12H2,1-2H3. The van der Waals surface area contributed by atoms with Gasteiger partial charge in [-0.15, -0.1) is 0 Å². The highest BCUT2D eigenvalue weighted by Gasteiger charge is 2.23. The molecular weight excluding hydrogens is 198 g/mol. The van der Waals surface area contributed by atoms with Crippen LogP contribution in [-0.2, 0) is 4.74 Å². The third kappa shape index (κ3) is 5.31. The van der Waals surface area contributed by atoms with Crippen LogP contribution in [0, 0.1) is 11.8 Å². The summed E-state index contributed by atoms with van der Waals surface area (Å²) in [6.45, 7) is 8.59. The Bertz CT molecular complexity index is 161. The van der Waals surface area contributed by atoms with Crippen LogP contribution in [0.4, 0.5) is 0 Å². The molecule has 0 saturated heterocycles. The second-order valence-electron chi connectivity index (χ2n) is 5.04. The number of hydrogen-bond donors (Lipinski definition) is 1. The molecule has 0 aromatic rings. The monoisotopic (exact) mass is 227 g/mol. The van der Waals surface area contributed by atoms with Gasteiger partial charge in [-0.1, -0.05) is 33.1 Å². The maximum absolute atomic E-state index is 5.76. The fourth-order valence-electron chi connectivity index (χ4n) is 2.66. The summed E-state index contributed by atoms with van der Waals surface area (Å²) in [5.74, 6) is 1.65. The van der Waals surface area contributed by atoms with Crippen LogP contribution in [0.5, 0.6) is 0 Å². The van der Waals surface area contributed by atoms with Crippen LogP contribution < -0.4 is 5.32 Å². The predicted molar refractivity (Wildman–Crippen MR) is 69.7 cm³/mol. The Morgan fingerprint density at radius 1 is 1.06 bits per heavy atom. The summed E-state index contributed by atoms with van der Waals surface area (Å²) in [5, 5.41) is 3.51. The Kier molecular flexibility index (Phi) is 7.87. The lowest BCUT2D eigenvalue weighted by molar-refractivity contribution is 0.0736. The minimum atomic E-state index is 0.799. The van der Waals surface area contributed by atoms with Gasteiger partial charge in [0.25, 0.3) is 0 Å². The highest BCUT2D eigenvalue weighted by Crippen LogP contribution is 2.28. The van der Waals surface area contributed by atoms with E-state index in [9.17, 15) is 0 Å². The molecule has 2 unspecified atom stereocenters. The molecule has 1 rings (SSSR count). The van der Waals surface area contributed by atoms with Gasteiger partial charge in [0.1, 0.15) is 0 Å². The molecule has 0 bridgehead atoms. The average Bonchev–Trinajstić information content (AvgIpc) is 2.52. The molecule has 1 aliphatic rings. The molecule has 0 aromatic carbocycles. The van der Waals surface area contributed by atoms with Gasteiger partial charge in [0.05, 0.1) is 0 Å². The van der Waals surface area contributed by atoms with Crippen molar-refractivity contribution in [1.82, 2.24) is 5.32 Å². The second-order valence-corrected chi connectivity index (χ2v) is 5.04. The van der Waals surface area contributed by atoms with E-state index in [0.29, 0.717) is 0 Å². The second kappa shape index (κ2) is 9.00. The number of ether oxygens (including phenoxy) is 1. The maximum Gasteiger partial charge on any atom is 0.0497 e. The molecule has 1 fully saturated rings. The first kappa shape index (κ1) is 14.0. The first-order valence-corrected chi connectivity index (χ1v) is 7.16. The fourth-order valence-corrected chi connectivity index (χ4v) is 2.66. The van der Waals surface area contributed by atoms with Crippen molar-refractivity contribution in [3.63, 3.8) is 0 Å². The van der Waals surface area contributed by atoms with Gasteiger partial charge in [-0.3, -0.25) is 0 Å². The maximum atomic E-state index is 5.76. The van der Waals surface area contributed by atoms with Gasteiger partial charge in [0, 0.05) is 13.2 Å². The molecule has 96 valence electrons. The Hall–Kier alpha value is -0.0800. The summed E-state index contributed by atoms with van der Waals surface area (Å²) in [5.41, 5.74) is 0. The minimum Gasteiger partial charge on any atom is -0.381 e. The van der Waals surface area contributed by atoms with Gasteiger partial charge in [0.2, 0.25) is 0 Å². The van der Waals surface area contributed by atoms with Gasteiger partial charge < -0.3 is 10.1 Å². The van der Waals surface area contributed by atoms with E-state index in [-0.39, 0.29) is 0 Å². The summed E-state index contributed by atoms with van der Waals surface area (Å²) in [7, 11) is 0. The molecule has 0 aromatic heterocycles. The van der Waals surface area contributed by atoms with E-state index in [0.717, 1.165) is 38.0 Å². The summed E-state index contributed by atoms with van der Waals surface area (Å²) in [6, 6.07) is 0. The molecule has 0 radical (unpaired) electrons. The first-order chi connectivity index (χ1) is 7.88. The molecule has 1 saturated carbocycles. The Morgan fingerprint density at radius 3 is 2.50 bits per heavy atom. The Morgan fingerprint density at radius 2 is 1.81 bits per heavy atom. The first-order valence-electron chi connectivity index (χ1n) is 7.16. The lowest BCUT2D eigenvalue weighted by Gasteiger charge is -2.25. The quantitative estimate of drug-likeness (QED) is 0.532. The Balaban J connectivity index is 2.32. The number of nitrogens with one attached hydrogen (secondary N) is 1. The smallest absolute Gasteiger partial charge is 0.0497 e. The molecule has 1 N–H and O–H groups in total. The summed E-state index contributed by atoms with van der Waals surface area (Å²) in [6.07, 6.45) is 8.16. The lowest BCUT2D eigenvalue weighted by atomic mass is 9.88. The van der Waals surface area contributed by atoms with E-state index in [2.05, 4.69) is 19.2 Å². The molecule has 0 amide bonds. The molecule has 2 heteroatoms. The van der Waals surface area contributed by atoms with Crippen LogP contribution in [0.1, 0.15) is 52.4 Å². The van der Waals surface area contributed by atoms with Gasteiger partial charge in [-0.05, 0) is 44.2 Å². The zero-order chi connectivity index (χ0) is 11.6. The highest BCUT2D eigenvalue weighted by atomic mass is 16.5. The van der Waals surface area contributed by atoms with E-state index < -0.39 is 0 Å².